The predicted molar refractivity (Wildman–Crippen MR) is 45.8 cm³/mol. The third-order valence-corrected chi connectivity index (χ3v) is 1.38. The summed E-state index contributed by atoms with van der Waals surface area (Å²) < 4.78 is 4.96. The van der Waals surface area contributed by atoms with Gasteiger partial charge in [0, 0.05) is 0 Å². The fourth-order valence-electron chi connectivity index (χ4n) is 0.801. The molecule has 2 nitrogen and oxygen atoms in total. The number of methoxy groups -OCH3 is 1. The van der Waals surface area contributed by atoms with Crippen LogP contribution in [-0.4, -0.2) is 12.2 Å². The molecule has 0 aliphatic carbocycles. The molecule has 1 rings (SSSR count). The molecule has 1 N–H and O–H groups in total. The molecule has 0 atom stereocenters. The first-order valence-electron chi connectivity index (χ1n) is 3.31. The van der Waals surface area contributed by atoms with E-state index in [1.807, 2.05) is 24.3 Å². The van der Waals surface area contributed by atoms with Crippen molar-refractivity contribution >= 4 is 6.08 Å². The van der Waals surface area contributed by atoms with Crippen molar-refractivity contribution in [1.29, 1.82) is 0 Å². The van der Waals surface area contributed by atoms with Gasteiger partial charge in [0.15, 0.2) is 0 Å². The maximum Gasteiger partial charge on any atom is 1.00 e. The van der Waals surface area contributed by atoms with Gasteiger partial charge in [-0.25, -0.2) is 0 Å². The molecular weight excluding hydrogens is 163 g/mol. The molecule has 0 aliphatic rings. The summed E-state index contributed by atoms with van der Waals surface area (Å²) in [5.41, 5.74) is 0.952. The number of hydrogen-bond acceptors (Lipinski definition) is 2. The van der Waals surface area contributed by atoms with E-state index in [0.29, 0.717) is 0 Å². The van der Waals surface area contributed by atoms with E-state index in [4.69, 9.17) is 9.84 Å². The van der Waals surface area contributed by atoms with Gasteiger partial charge in [0.05, 0.1) is 13.4 Å². The Balaban J connectivity index is 0. The molecule has 0 aliphatic heterocycles. The van der Waals surface area contributed by atoms with E-state index < -0.39 is 0 Å². The second-order valence-corrected chi connectivity index (χ2v) is 2.09. The summed E-state index contributed by atoms with van der Waals surface area (Å²) in [5, 5.41) is 8.43. The van der Waals surface area contributed by atoms with Crippen molar-refractivity contribution in [2.24, 2.45) is 0 Å². The van der Waals surface area contributed by atoms with E-state index in [2.05, 4.69) is 0 Å². The molecule has 0 saturated heterocycles. The van der Waals surface area contributed by atoms with Gasteiger partial charge in [-0.3, -0.25) is 0 Å². The summed E-state index contributed by atoms with van der Waals surface area (Å²) in [7, 11) is 1.62. The zero-order valence-corrected chi connectivity index (χ0v) is 9.32. The molecule has 0 amide bonds. The van der Waals surface area contributed by atoms with E-state index in [0.717, 1.165) is 17.6 Å². The maximum atomic E-state index is 8.43. The Morgan fingerprint density at radius 2 is 1.92 bits per heavy atom. The van der Waals surface area contributed by atoms with Crippen molar-refractivity contribution in [2.45, 2.75) is 0 Å². The minimum absolute atomic E-state index is 0. The molecule has 0 bridgehead atoms. The zero-order valence-electron chi connectivity index (χ0n) is 8.32. The molecule has 0 unspecified atom stereocenters. The van der Waals surface area contributed by atoms with E-state index in [-0.39, 0.29) is 31.0 Å². The van der Waals surface area contributed by atoms with Gasteiger partial charge in [0.25, 0.3) is 0 Å². The van der Waals surface area contributed by atoms with Crippen LogP contribution in [0.3, 0.4) is 0 Å². The summed E-state index contributed by atoms with van der Waals surface area (Å²) >= 11 is 0. The number of hydrogen-bond donors (Lipinski definition) is 1. The minimum Gasteiger partial charge on any atom is -1.00 e. The zero-order chi connectivity index (χ0) is 8.10. The van der Waals surface area contributed by atoms with Crippen molar-refractivity contribution in [2.75, 3.05) is 7.11 Å². The van der Waals surface area contributed by atoms with Crippen LogP contribution in [0.1, 0.15) is 6.99 Å². The maximum absolute atomic E-state index is 8.43. The first-order chi connectivity index (χ1) is 5.36. The van der Waals surface area contributed by atoms with Crippen LogP contribution in [0.4, 0.5) is 0 Å². The predicted octanol–water partition coefficient (Wildman–Crippen LogP) is -0.660. The van der Waals surface area contributed by atoms with E-state index in [9.17, 15) is 0 Å². The summed E-state index contributed by atoms with van der Waals surface area (Å²) in [6.45, 7) is 0. The van der Waals surface area contributed by atoms with Crippen LogP contribution < -0.4 is 34.3 Å². The van der Waals surface area contributed by atoms with E-state index in [1.165, 1.54) is 0 Å². The quantitative estimate of drug-likeness (QED) is 0.476. The standard InChI is InChI=1S/C9H10O2.Na.H/c1-11-9-4-2-8(3-5-9)6-7-10;;/h2-7,10H,1H3;;/q;+1;-1. The third kappa shape index (κ3) is 3.30. The minimum atomic E-state index is 0. The van der Waals surface area contributed by atoms with Crippen molar-refractivity contribution < 1.29 is 40.8 Å². The van der Waals surface area contributed by atoms with Crippen molar-refractivity contribution in [1.82, 2.24) is 0 Å². The Kier molecular flexibility index (Phi) is 5.89. The van der Waals surface area contributed by atoms with Crippen LogP contribution in [0.5, 0.6) is 5.75 Å². The first-order valence-corrected chi connectivity index (χ1v) is 3.31. The Hall–Kier alpha value is -0.440. The topological polar surface area (TPSA) is 29.5 Å². The molecule has 0 radical (unpaired) electrons. The van der Waals surface area contributed by atoms with E-state index in [1.54, 1.807) is 13.2 Å². The second kappa shape index (κ2) is 6.12. The Morgan fingerprint density at radius 3 is 2.33 bits per heavy atom. The number of benzene rings is 1. The molecule has 0 aromatic heterocycles. The summed E-state index contributed by atoms with van der Waals surface area (Å²) in [6, 6.07) is 7.42. The van der Waals surface area contributed by atoms with Gasteiger partial charge in [0.1, 0.15) is 5.75 Å². The first kappa shape index (κ1) is 11.6. The Labute approximate surface area is 95.6 Å². The number of aliphatic hydroxyl groups is 1. The largest absolute Gasteiger partial charge is 1.00 e. The average molecular weight is 174 g/mol. The molecular formula is C9H11NaO2. The molecule has 1 aromatic rings. The van der Waals surface area contributed by atoms with Crippen molar-refractivity contribution in [3.63, 3.8) is 0 Å². The van der Waals surface area contributed by atoms with Crippen LogP contribution in [0.2, 0.25) is 0 Å². The Bertz CT molecular complexity index is 246. The van der Waals surface area contributed by atoms with Crippen LogP contribution >= 0.6 is 0 Å². The molecule has 0 fully saturated rings. The van der Waals surface area contributed by atoms with Gasteiger partial charge in [-0.1, -0.05) is 12.1 Å². The van der Waals surface area contributed by atoms with Crippen LogP contribution in [-0.2, 0) is 0 Å². The van der Waals surface area contributed by atoms with E-state index >= 15 is 0 Å². The van der Waals surface area contributed by atoms with Gasteiger partial charge < -0.3 is 11.3 Å². The SMILES string of the molecule is COc1ccc(C=CO)cc1.[H-].[Na+]. The van der Waals surface area contributed by atoms with Crippen LogP contribution in [0, 0.1) is 0 Å². The van der Waals surface area contributed by atoms with Crippen LogP contribution in [0.25, 0.3) is 6.08 Å². The second-order valence-electron chi connectivity index (χ2n) is 2.09. The van der Waals surface area contributed by atoms with Gasteiger partial charge in [-0.05, 0) is 23.8 Å². The normalized spacial score (nSPS) is 9.42. The summed E-state index contributed by atoms with van der Waals surface area (Å²) in [5.74, 6) is 0.820. The average Bonchev–Trinajstić information content (AvgIpc) is 2.07. The fourth-order valence-corrected chi connectivity index (χ4v) is 0.801. The van der Waals surface area contributed by atoms with Crippen molar-refractivity contribution in [3.05, 3.63) is 36.1 Å². The Morgan fingerprint density at radius 1 is 1.33 bits per heavy atom. The molecule has 0 heterocycles. The van der Waals surface area contributed by atoms with Gasteiger partial charge >= 0.3 is 29.6 Å². The van der Waals surface area contributed by atoms with Crippen molar-refractivity contribution in [3.8, 4) is 5.75 Å². The van der Waals surface area contributed by atoms with Gasteiger partial charge in [0.2, 0.25) is 0 Å². The number of ether oxygens (including phenoxy) is 1. The summed E-state index contributed by atoms with van der Waals surface area (Å²) in [6.07, 6.45) is 2.63. The van der Waals surface area contributed by atoms with Crippen LogP contribution in [0.15, 0.2) is 30.5 Å². The molecule has 12 heavy (non-hydrogen) atoms. The van der Waals surface area contributed by atoms with Gasteiger partial charge in [-0.15, -0.1) is 0 Å². The third-order valence-electron chi connectivity index (χ3n) is 1.38. The molecule has 1 aromatic carbocycles. The van der Waals surface area contributed by atoms with Gasteiger partial charge in [-0.2, -0.15) is 0 Å². The smallest absolute Gasteiger partial charge is 1.00 e. The molecule has 60 valence electrons. The summed E-state index contributed by atoms with van der Waals surface area (Å²) in [4.78, 5) is 0. The molecule has 0 saturated carbocycles. The molecule has 3 heteroatoms. The number of rotatable bonds is 2. The number of aliphatic hydroxyl groups excluding tert-OH is 1. The fraction of sp³-hybridized carbons (Fsp3) is 0.111. The molecule has 0 spiro atoms. The monoisotopic (exact) mass is 174 g/mol.